The van der Waals surface area contributed by atoms with E-state index >= 15 is 0 Å². The maximum absolute atomic E-state index is 11.4. The van der Waals surface area contributed by atoms with E-state index in [0.29, 0.717) is 24.8 Å². The number of carbonyl (C=O) groups excluding carboxylic acids is 1. The summed E-state index contributed by atoms with van der Waals surface area (Å²) in [4.78, 5) is 17.8. The second-order valence-electron chi connectivity index (χ2n) is 4.69. The number of fused-ring (bicyclic) bond motifs is 1. The van der Waals surface area contributed by atoms with Crippen molar-refractivity contribution in [1.82, 2.24) is 15.2 Å². The van der Waals surface area contributed by atoms with Crippen LogP contribution in [0.3, 0.4) is 0 Å². The highest BCUT2D eigenvalue weighted by molar-refractivity contribution is 6.30. The number of amides is 1. The number of hydrogen-bond acceptors (Lipinski definition) is 3. The van der Waals surface area contributed by atoms with E-state index in [1.807, 2.05) is 24.3 Å². The standard InChI is InChI=1S/C14H14ClN3O/c15-14-11(8-18-6-5-16-13(19)9-18)7-10-3-1-2-4-12(10)17-14/h1-4,7H,5-6,8-9H2,(H,16,19). The molecular formula is C14H14ClN3O. The maximum Gasteiger partial charge on any atom is 0.234 e. The van der Waals surface area contributed by atoms with Crippen molar-refractivity contribution in [2.24, 2.45) is 0 Å². The average molecular weight is 276 g/mol. The van der Waals surface area contributed by atoms with Crippen molar-refractivity contribution < 1.29 is 4.79 Å². The molecule has 1 aliphatic rings. The monoisotopic (exact) mass is 275 g/mol. The van der Waals surface area contributed by atoms with Crippen LogP contribution < -0.4 is 5.32 Å². The van der Waals surface area contributed by atoms with Crippen LogP contribution in [0.15, 0.2) is 30.3 Å². The van der Waals surface area contributed by atoms with Gasteiger partial charge in [-0.2, -0.15) is 0 Å². The van der Waals surface area contributed by atoms with Gasteiger partial charge in [0, 0.05) is 30.6 Å². The number of piperazine rings is 1. The van der Waals surface area contributed by atoms with Crippen molar-refractivity contribution in [2.75, 3.05) is 19.6 Å². The highest BCUT2D eigenvalue weighted by atomic mass is 35.5. The van der Waals surface area contributed by atoms with Gasteiger partial charge in [0.1, 0.15) is 5.15 Å². The molecule has 1 aromatic carbocycles. The summed E-state index contributed by atoms with van der Waals surface area (Å²) < 4.78 is 0. The van der Waals surface area contributed by atoms with Crippen LogP contribution in [0, 0.1) is 0 Å². The number of hydrogen-bond donors (Lipinski definition) is 1. The Hall–Kier alpha value is -1.65. The van der Waals surface area contributed by atoms with Crippen LogP contribution in [0.5, 0.6) is 0 Å². The molecule has 1 aliphatic heterocycles. The molecule has 1 amide bonds. The molecule has 3 rings (SSSR count). The molecule has 5 heteroatoms. The molecule has 0 atom stereocenters. The van der Waals surface area contributed by atoms with E-state index in [4.69, 9.17) is 11.6 Å². The lowest BCUT2D eigenvalue weighted by molar-refractivity contribution is -0.124. The van der Waals surface area contributed by atoms with Gasteiger partial charge in [0.25, 0.3) is 0 Å². The molecule has 1 saturated heterocycles. The molecular weight excluding hydrogens is 262 g/mol. The fourth-order valence-corrected chi connectivity index (χ4v) is 2.52. The highest BCUT2D eigenvalue weighted by Gasteiger charge is 2.17. The maximum atomic E-state index is 11.4. The lowest BCUT2D eigenvalue weighted by Gasteiger charge is -2.26. The third kappa shape index (κ3) is 2.69. The van der Waals surface area contributed by atoms with Crippen molar-refractivity contribution in [3.63, 3.8) is 0 Å². The predicted molar refractivity (Wildman–Crippen MR) is 75.0 cm³/mol. The zero-order chi connectivity index (χ0) is 13.2. The van der Waals surface area contributed by atoms with Gasteiger partial charge in [-0.1, -0.05) is 29.8 Å². The number of carbonyl (C=O) groups is 1. The van der Waals surface area contributed by atoms with Gasteiger partial charge in [-0.3, -0.25) is 9.69 Å². The van der Waals surface area contributed by atoms with Crippen LogP contribution in [-0.4, -0.2) is 35.4 Å². The van der Waals surface area contributed by atoms with Crippen LogP contribution in [0.2, 0.25) is 5.15 Å². The second kappa shape index (κ2) is 5.15. The Labute approximate surface area is 116 Å². The predicted octanol–water partition coefficient (Wildman–Crippen LogP) is 1.82. The molecule has 0 spiro atoms. The van der Waals surface area contributed by atoms with E-state index in [-0.39, 0.29) is 5.91 Å². The minimum Gasteiger partial charge on any atom is -0.354 e. The minimum atomic E-state index is 0.0659. The molecule has 1 aromatic heterocycles. The fourth-order valence-electron chi connectivity index (χ4n) is 2.31. The summed E-state index contributed by atoms with van der Waals surface area (Å²) in [5.41, 5.74) is 1.86. The number of pyridine rings is 1. The molecule has 0 aliphatic carbocycles. The molecule has 0 radical (unpaired) electrons. The van der Waals surface area contributed by atoms with Gasteiger partial charge >= 0.3 is 0 Å². The first-order chi connectivity index (χ1) is 9.22. The SMILES string of the molecule is O=C1CN(Cc2cc3ccccc3nc2Cl)CCN1. The molecule has 0 unspecified atom stereocenters. The first kappa shape index (κ1) is 12.4. The Morgan fingerprint density at radius 2 is 2.21 bits per heavy atom. The van der Waals surface area contributed by atoms with Gasteiger partial charge in [0.15, 0.2) is 0 Å². The molecule has 0 bridgehead atoms. The van der Waals surface area contributed by atoms with Crippen LogP contribution in [0.4, 0.5) is 0 Å². The van der Waals surface area contributed by atoms with Crippen LogP contribution >= 0.6 is 11.6 Å². The van der Waals surface area contributed by atoms with Crippen LogP contribution in [0.1, 0.15) is 5.56 Å². The van der Waals surface area contributed by atoms with Crippen molar-refractivity contribution >= 4 is 28.4 Å². The Bertz CT molecular complexity index is 629. The van der Waals surface area contributed by atoms with Crippen molar-refractivity contribution in [3.05, 3.63) is 41.0 Å². The van der Waals surface area contributed by atoms with Gasteiger partial charge in [-0.05, 0) is 12.1 Å². The minimum absolute atomic E-state index is 0.0659. The number of halogens is 1. The van der Waals surface area contributed by atoms with Crippen molar-refractivity contribution in [1.29, 1.82) is 0 Å². The van der Waals surface area contributed by atoms with E-state index in [2.05, 4.69) is 21.3 Å². The van der Waals surface area contributed by atoms with Crippen LogP contribution in [-0.2, 0) is 11.3 Å². The summed E-state index contributed by atoms with van der Waals surface area (Å²) in [6.07, 6.45) is 0. The summed E-state index contributed by atoms with van der Waals surface area (Å²) in [5, 5.41) is 4.40. The first-order valence-corrected chi connectivity index (χ1v) is 6.63. The molecule has 4 nitrogen and oxygen atoms in total. The van der Waals surface area contributed by atoms with Gasteiger partial charge < -0.3 is 5.32 Å². The number of nitrogens with one attached hydrogen (secondary N) is 1. The zero-order valence-electron chi connectivity index (χ0n) is 10.4. The highest BCUT2D eigenvalue weighted by Crippen LogP contribution is 2.21. The Morgan fingerprint density at radius 1 is 1.37 bits per heavy atom. The molecule has 0 saturated carbocycles. The molecule has 1 N–H and O–H groups in total. The molecule has 2 aromatic rings. The van der Waals surface area contributed by atoms with Gasteiger partial charge in [0.2, 0.25) is 5.91 Å². The van der Waals surface area contributed by atoms with Crippen molar-refractivity contribution in [3.8, 4) is 0 Å². The van der Waals surface area contributed by atoms with Gasteiger partial charge in [0.05, 0.1) is 12.1 Å². The lowest BCUT2D eigenvalue weighted by Crippen LogP contribution is -2.47. The Balaban J connectivity index is 1.87. The molecule has 2 heterocycles. The summed E-state index contributed by atoms with van der Waals surface area (Å²) in [5.74, 6) is 0.0659. The average Bonchev–Trinajstić information content (AvgIpc) is 2.40. The Morgan fingerprint density at radius 3 is 3.05 bits per heavy atom. The van der Waals surface area contributed by atoms with E-state index in [0.717, 1.165) is 23.0 Å². The number of aromatic nitrogens is 1. The molecule has 19 heavy (non-hydrogen) atoms. The number of benzene rings is 1. The first-order valence-electron chi connectivity index (χ1n) is 6.25. The van der Waals surface area contributed by atoms with E-state index in [1.165, 1.54) is 0 Å². The van der Waals surface area contributed by atoms with E-state index in [1.54, 1.807) is 0 Å². The lowest BCUT2D eigenvalue weighted by atomic mass is 10.1. The normalized spacial score (nSPS) is 16.6. The Kier molecular flexibility index (Phi) is 3.36. The summed E-state index contributed by atoms with van der Waals surface area (Å²) in [7, 11) is 0. The third-order valence-electron chi connectivity index (χ3n) is 3.26. The zero-order valence-corrected chi connectivity index (χ0v) is 11.2. The van der Waals surface area contributed by atoms with Gasteiger partial charge in [-0.15, -0.1) is 0 Å². The topological polar surface area (TPSA) is 45.2 Å². The third-order valence-corrected chi connectivity index (χ3v) is 3.59. The largest absolute Gasteiger partial charge is 0.354 e. The van der Waals surface area contributed by atoms with Crippen LogP contribution in [0.25, 0.3) is 10.9 Å². The number of rotatable bonds is 2. The smallest absolute Gasteiger partial charge is 0.234 e. The van der Waals surface area contributed by atoms with E-state index < -0.39 is 0 Å². The van der Waals surface area contributed by atoms with Gasteiger partial charge in [-0.25, -0.2) is 4.98 Å². The second-order valence-corrected chi connectivity index (χ2v) is 5.05. The van der Waals surface area contributed by atoms with Crippen molar-refractivity contribution in [2.45, 2.75) is 6.54 Å². The quantitative estimate of drug-likeness (QED) is 0.851. The summed E-state index contributed by atoms with van der Waals surface area (Å²) >= 11 is 6.22. The fraction of sp³-hybridized carbons (Fsp3) is 0.286. The number of para-hydroxylation sites is 1. The summed E-state index contributed by atoms with van der Waals surface area (Å²) in [6.45, 7) is 2.61. The summed E-state index contributed by atoms with van der Waals surface area (Å²) in [6, 6.07) is 9.94. The molecule has 1 fully saturated rings. The number of nitrogens with zero attached hydrogens (tertiary/aromatic N) is 2. The molecule has 98 valence electrons. The van der Waals surface area contributed by atoms with E-state index in [9.17, 15) is 4.79 Å².